The number of piperidine rings is 1. The van der Waals surface area contributed by atoms with Gasteiger partial charge in [-0.15, -0.1) is 0 Å². The summed E-state index contributed by atoms with van der Waals surface area (Å²) in [6.45, 7) is 1.82. The Balaban J connectivity index is 2.23. The summed E-state index contributed by atoms with van der Waals surface area (Å²) in [6, 6.07) is 3.12. The fraction of sp³-hybridized carbons (Fsp3) is 0.583. The van der Waals surface area contributed by atoms with E-state index in [4.69, 9.17) is 5.73 Å². The van der Waals surface area contributed by atoms with Gasteiger partial charge in [-0.3, -0.25) is 0 Å². The van der Waals surface area contributed by atoms with Gasteiger partial charge in [-0.25, -0.2) is 13.4 Å². The minimum absolute atomic E-state index is 0.0285. The zero-order valence-corrected chi connectivity index (χ0v) is 12.1. The van der Waals surface area contributed by atoms with Crippen molar-refractivity contribution >= 4 is 15.8 Å². The lowest BCUT2D eigenvalue weighted by Crippen LogP contribution is -2.44. The van der Waals surface area contributed by atoms with E-state index in [1.54, 1.807) is 13.1 Å². The van der Waals surface area contributed by atoms with Gasteiger partial charge in [0.25, 0.3) is 0 Å². The van der Waals surface area contributed by atoms with Crippen molar-refractivity contribution in [1.29, 1.82) is 0 Å². The SMILES string of the molecule is CN1CCC(N(C)S(=O)(=O)c2cccnc2N)CC1. The van der Waals surface area contributed by atoms with E-state index < -0.39 is 10.0 Å². The van der Waals surface area contributed by atoms with E-state index >= 15 is 0 Å². The predicted octanol–water partition coefficient (Wildman–Crippen LogP) is 0.378. The zero-order valence-electron chi connectivity index (χ0n) is 11.3. The normalized spacial score (nSPS) is 18.9. The Morgan fingerprint density at radius 3 is 2.63 bits per heavy atom. The second-order valence-corrected chi connectivity index (χ2v) is 6.91. The third-order valence-electron chi connectivity index (χ3n) is 3.66. The molecule has 0 saturated carbocycles. The lowest BCUT2D eigenvalue weighted by atomic mass is 10.1. The predicted molar refractivity (Wildman–Crippen MR) is 74.1 cm³/mol. The molecule has 1 aromatic heterocycles. The summed E-state index contributed by atoms with van der Waals surface area (Å²) in [5.74, 6) is 0.0577. The molecule has 0 spiro atoms. The molecule has 0 radical (unpaired) electrons. The summed E-state index contributed by atoms with van der Waals surface area (Å²) in [7, 11) is 0.109. The summed E-state index contributed by atoms with van der Waals surface area (Å²) in [4.78, 5) is 6.15. The Morgan fingerprint density at radius 1 is 1.42 bits per heavy atom. The number of pyridine rings is 1. The van der Waals surface area contributed by atoms with E-state index in [0.717, 1.165) is 25.9 Å². The molecule has 1 saturated heterocycles. The van der Waals surface area contributed by atoms with Crippen molar-refractivity contribution in [1.82, 2.24) is 14.2 Å². The number of nitrogens with two attached hydrogens (primary N) is 1. The highest BCUT2D eigenvalue weighted by atomic mass is 32.2. The number of nitrogens with zero attached hydrogens (tertiary/aromatic N) is 3. The zero-order chi connectivity index (χ0) is 14.0. The largest absolute Gasteiger partial charge is 0.383 e. The molecule has 1 fully saturated rings. The second kappa shape index (κ2) is 5.44. The van der Waals surface area contributed by atoms with E-state index in [1.807, 2.05) is 7.05 Å². The molecular weight excluding hydrogens is 264 g/mol. The van der Waals surface area contributed by atoms with Crippen LogP contribution in [0.3, 0.4) is 0 Å². The van der Waals surface area contributed by atoms with Gasteiger partial charge in [0.1, 0.15) is 10.7 Å². The van der Waals surface area contributed by atoms with Crippen LogP contribution in [0.5, 0.6) is 0 Å². The lowest BCUT2D eigenvalue weighted by molar-refractivity contribution is 0.197. The standard InChI is InChI=1S/C12H20N4O2S/c1-15-8-5-10(6-9-15)16(2)19(17,18)11-4-3-7-14-12(11)13/h3-4,7,10H,5-6,8-9H2,1-2H3,(H2,13,14). The summed E-state index contributed by atoms with van der Waals surface area (Å²) in [6.07, 6.45) is 3.17. The third kappa shape index (κ3) is 2.88. The van der Waals surface area contributed by atoms with Crippen LogP contribution < -0.4 is 5.73 Å². The quantitative estimate of drug-likeness (QED) is 0.868. The average molecular weight is 284 g/mol. The number of rotatable bonds is 3. The van der Waals surface area contributed by atoms with Gasteiger partial charge in [0.2, 0.25) is 10.0 Å². The molecule has 19 heavy (non-hydrogen) atoms. The number of likely N-dealkylation sites (tertiary alicyclic amines) is 1. The number of aromatic nitrogens is 1. The van der Waals surface area contributed by atoms with Gasteiger partial charge < -0.3 is 10.6 Å². The van der Waals surface area contributed by atoms with Crippen LogP contribution >= 0.6 is 0 Å². The van der Waals surface area contributed by atoms with Crippen LogP contribution in [0.4, 0.5) is 5.82 Å². The van der Waals surface area contributed by atoms with Crippen LogP contribution in [0.2, 0.25) is 0 Å². The summed E-state index contributed by atoms with van der Waals surface area (Å²) in [5, 5.41) is 0. The van der Waals surface area contributed by atoms with Crippen molar-refractivity contribution in [2.45, 2.75) is 23.8 Å². The van der Waals surface area contributed by atoms with E-state index in [9.17, 15) is 8.42 Å². The molecule has 0 amide bonds. The van der Waals surface area contributed by atoms with Crippen LogP contribution in [0.15, 0.2) is 23.2 Å². The lowest BCUT2D eigenvalue weighted by Gasteiger charge is -2.34. The topological polar surface area (TPSA) is 79.5 Å². The maximum absolute atomic E-state index is 12.5. The van der Waals surface area contributed by atoms with E-state index in [1.165, 1.54) is 16.6 Å². The number of anilines is 1. The molecule has 1 aliphatic heterocycles. The van der Waals surface area contributed by atoms with Gasteiger partial charge in [-0.05, 0) is 45.1 Å². The van der Waals surface area contributed by atoms with Gasteiger partial charge >= 0.3 is 0 Å². The molecule has 1 aromatic rings. The third-order valence-corrected chi connectivity index (χ3v) is 5.62. The van der Waals surface area contributed by atoms with Crippen molar-refractivity contribution in [3.05, 3.63) is 18.3 Å². The average Bonchev–Trinajstić information content (AvgIpc) is 2.39. The first-order chi connectivity index (χ1) is 8.93. The maximum Gasteiger partial charge on any atom is 0.246 e. The van der Waals surface area contributed by atoms with Gasteiger partial charge in [0.05, 0.1) is 0 Å². The number of sulfonamides is 1. The maximum atomic E-state index is 12.5. The molecule has 106 valence electrons. The van der Waals surface area contributed by atoms with Crippen molar-refractivity contribution in [2.24, 2.45) is 0 Å². The molecule has 2 rings (SSSR count). The highest BCUT2D eigenvalue weighted by molar-refractivity contribution is 7.89. The van der Waals surface area contributed by atoms with Crippen LogP contribution in [-0.4, -0.2) is 55.8 Å². The van der Waals surface area contributed by atoms with Crippen molar-refractivity contribution in [2.75, 3.05) is 32.9 Å². The number of hydrogen-bond acceptors (Lipinski definition) is 5. The molecule has 6 nitrogen and oxygen atoms in total. The molecule has 0 bridgehead atoms. The smallest absolute Gasteiger partial charge is 0.246 e. The van der Waals surface area contributed by atoms with Gasteiger partial charge in [0.15, 0.2) is 0 Å². The summed E-state index contributed by atoms with van der Waals surface area (Å²) in [5.41, 5.74) is 5.67. The van der Waals surface area contributed by atoms with E-state index in [0.29, 0.717) is 0 Å². The monoisotopic (exact) mass is 284 g/mol. The molecule has 2 N–H and O–H groups in total. The highest BCUT2D eigenvalue weighted by Crippen LogP contribution is 2.24. The van der Waals surface area contributed by atoms with Gasteiger partial charge in [-0.2, -0.15) is 4.31 Å². The Hall–Kier alpha value is -1.18. The van der Waals surface area contributed by atoms with E-state index in [2.05, 4.69) is 9.88 Å². The molecule has 2 heterocycles. The van der Waals surface area contributed by atoms with Crippen LogP contribution in [-0.2, 0) is 10.0 Å². The highest BCUT2D eigenvalue weighted by Gasteiger charge is 2.31. The fourth-order valence-electron chi connectivity index (χ4n) is 2.33. The minimum atomic E-state index is -3.56. The van der Waals surface area contributed by atoms with Crippen LogP contribution in [0.25, 0.3) is 0 Å². The molecule has 0 aromatic carbocycles. The molecule has 0 unspecified atom stereocenters. The first-order valence-electron chi connectivity index (χ1n) is 6.30. The summed E-state index contributed by atoms with van der Waals surface area (Å²) < 4.78 is 26.5. The molecular formula is C12H20N4O2S. The van der Waals surface area contributed by atoms with Crippen molar-refractivity contribution in [3.8, 4) is 0 Å². The molecule has 0 atom stereocenters. The van der Waals surface area contributed by atoms with Crippen LogP contribution in [0, 0.1) is 0 Å². The first-order valence-corrected chi connectivity index (χ1v) is 7.74. The van der Waals surface area contributed by atoms with E-state index in [-0.39, 0.29) is 16.8 Å². The Bertz CT molecular complexity index is 538. The Morgan fingerprint density at radius 2 is 2.05 bits per heavy atom. The van der Waals surface area contributed by atoms with Gasteiger partial charge in [-0.1, -0.05) is 0 Å². The Kier molecular flexibility index (Phi) is 4.07. The Labute approximate surface area is 114 Å². The minimum Gasteiger partial charge on any atom is -0.383 e. The number of nitrogen functional groups attached to an aromatic ring is 1. The fourth-order valence-corrected chi connectivity index (χ4v) is 3.81. The van der Waals surface area contributed by atoms with Gasteiger partial charge in [0, 0.05) is 19.3 Å². The van der Waals surface area contributed by atoms with Crippen LogP contribution in [0.1, 0.15) is 12.8 Å². The second-order valence-electron chi connectivity index (χ2n) is 4.94. The summed E-state index contributed by atoms with van der Waals surface area (Å²) >= 11 is 0. The first kappa shape index (κ1) is 14.2. The molecule has 0 aliphatic carbocycles. The molecule has 1 aliphatic rings. The number of hydrogen-bond donors (Lipinski definition) is 1. The molecule has 7 heteroatoms. The van der Waals surface area contributed by atoms with Crippen molar-refractivity contribution < 1.29 is 8.42 Å². The van der Waals surface area contributed by atoms with Crippen molar-refractivity contribution in [3.63, 3.8) is 0 Å².